The zero-order chi connectivity index (χ0) is 12.2. The molecule has 0 bridgehead atoms. The maximum Gasteiger partial charge on any atom is 0.178 e. The summed E-state index contributed by atoms with van der Waals surface area (Å²) in [5.74, 6) is 0.0349. The van der Waals surface area contributed by atoms with Gasteiger partial charge in [0.25, 0.3) is 0 Å². The van der Waals surface area contributed by atoms with Crippen molar-refractivity contribution >= 4 is 31.6 Å². The first-order valence-corrected chi connectivity index (χ1v) is 7.34. The highest BCUT2D eigenvalue weighted by Crippen LogP contribution is 2.18. The Labute approximate surface area is 104 Å². The number of ketones is 1. The summed E-state index contributed by atoms with van der Waals surface area (Å²) < 4.78 is 24.4. The zero-order valence-corrected chi connectivity index (χ0v) is 11.3. The normalized spacial score (nSPS) is 11.4. The van der Waals surface area contributed by atoms with Crippen LogP contribution in [-0.2, 0) is 14.6 Å². The minimum atomic E-state index is -3.26. The molecule has 0 spiro atoms. The van der Waals surface area contributed by atoms with Crippen molar-refractivity contribution in [3.8, 4) is 0 Å². The summed E-state index contributed by atoms with van der Waals surface area (Å²) >= 11 is 3.23. The van der Waals surface area contributed by atoms with Gasteiger partial charge in [-0.25, -0.2) is 8.42 Å². The fourth-order valence-corrected chi connectivity index (χ4v) is 3.19. The van der Waals surface area contributed by atoms with Gasteiger partial charge in [-0.15, -0.1) is 0 Å². The summed E-state index contributed by atoms with van der Waals surface area (Å²) in [5.41, 5.74) is 0. The van der Waals surface area contributed by atoms with Crippen molar-refractivity contribution in [3.63, 3.8) is 0 Å². The molecule has 0 aliphatic heterocycles. The predicted octanol–water partition coefficient (Wildman–Crippen LogP) is 2.59. The zero-order valence-electron chi connectivity index (χ0n) is 8.94. The monoisotopic (exact) mass is 304 g/mol. The maximum absolute atomic E-state index is 11.8. The molecular formula is C11H13BrO3S. The second-order valence-corrected chi connectivity index (χ2v) is 6.61. The first-order valence-electron chi connectivity index (χ1n) is 4.89. The first kappa shape index (κ1) is 13.4. The number of Topliss-reactive ketones (excluding diaryl/α,β-unsaturated/α-hetero) is 1. The molecule has 1 aromatic carbocycles. The smallest absolute Gasteiger partial charge is 0.178 e. The number of carbonyl (C=O) groups excluding carboxylic acids is 1. The van der Waals surface area contributed by atoms with Gasteiger partial charge < -0.3 is 4.79 Å². The van der Waals surface area contributed by atoms with Gasteiger partial charge in [-0.05, 0) is 31.5 Å². The summed E-state index contributed by atoms with van der Waals surface area (Å²) in [5, 5.41) is 0. The Bertz CT molecular complexity index is 480. The third-order valence-electron chi connectivity index (χ3n) is 2.10. The summed E-state index contributed by atoms with van der Waals surface area (Å²) in [6, 6.07) is 6.59. The molecule has 0 aliphatic carbocycles. The molecule has 0 radical (unpaired) electrons. The van der Waals surface area contributed by atoms with E-state index in [2.05, 4.69) is 15.9 Å². The average molecular weight is 305 g/mol. The quantitative estimate of drug-likeness (QED) is 0.840. The SMILES string of the molecule is CC(=O)CCCS(=O)(=O)c1cccc(Br)c1. The third-order valence-corrected chi connectivity index (χ3v) is 4.39. The van der Waals surface area contributed by atoms with E-state index >= 15 is 0 Å². The Balaban J connectivity index is 2.74. The van der Waals surface area contributed by atoms with Crippen LogP contribution in [0.1, 0.15) is 19.8 Å². The van der Waals surface area contributed by atoms with E-state index in [0.29, 0.717) is 17.7 Å². The van der Waals surface area contributed by atoms with Crippen LogP contribution in [0, 0.1) is 0 Å². The molecule has 0 heterocycles. The summed E-state index contributed by atoms with van der Waals surface area (Å²) in [7, 11) is -3.26. The summed E-state index contributed by atoms with van der Waals surface area (Å²) in [6.45, 7) is 1.46. The minimum Gasteiger partial charge on any atom is -0.300 e. The number of hydrogen-bond donors (Lipinski definition) is 0. The number of halogens is 1. The molecule has 0 saturated carbocycles. The molecule has 0 N–H and O–H groups in total. The molecule has 1 rings (SSSR count). The second kappa shape index (κ2) is 5.59. The molecule has 0 aromatic heterocycles. The van der Waals surface area contributed by atoms with E-state index in [1.165, 1.54) is 6.92 Å². The topological polar surface area (TPSA) is 51.2 Å². The van der Waals surface area contributed by atoms with Crippen LogP contribution in [0.5, 0.6) is 0 Å². The van der Waals surface area contributed by atoms with Crippen molar-refractivity contribution in [1.29, 1.82) is 0 Å². The number of carbonyl (C=O) groups is 1. The van der Waals surface area contributed by atoms with Crippen molar-refractivity contribution in [2.45, 2.75) is 24.7 Å². The van der Waals surface area contributed by atoms with Crippen LogP contribution in [0.3, 0.4) is 0 Å². The van der Waals surface area contributed by atoms with Gasteiger partial charge in [0, 0.05) is 10.9 Å². The van der Waals surface area contributed by atoms with Crippen LogP contribution >= 0.6 is 15.9 Å². The highest BCUT2D eigenvalue weighted by atomic mass is 79.9. The molecule has 0 fully saturated rings. The average Bonchev–Trinajstić information content (AvgIpc) is 2.16. The Morgan fingerprint density at radius 3 is 2.62 bits per heavy atom. The molecule has 0 atom stereocenters. The third kappa shape index (κ3) is 4.06. The van der Waals surface area contributed by atoms with Crippen molar-refractivity contribution in [1.82, 2.24) is 0 Å². The number of benzene rings is 1. The van der Waals surface area contributed by atoms with E-state index in [-0.39, 0.29) is 11.5 Å². The van der Waals surface area contributed by atoms with Gasteiger partial charge in [0.2, 0.25) is 0 Å². The molecule has 0 saturated heterocycles. The van der Waals surface area contributed by atoms with Crippen molar-refractivity contribution in [2.75, 3.05) is 5.75 Å². The highest BCUT2D eigenvalue weighted by Gasteiger charge is 2.14. The van der Waals surface area contributed by atoms with Gasteiger partial charge in [-0.2, -0.15) is 0 Å². The number of hydrogen-bond acceptors (Lipinski definition) is 3. The second-order valence-electron chi connectivity index (χ2n) is 3.58. The van der Waals surface area contributed by atoms with Crippen LogP contribution in [0.25, 0.3) is 0 Å². The van der Waals surface area contributed by atoms with Gasteiger partial charge in [0.15, 0.2) is 9.84 Å². The van der Waals surface area contributed by atoms with E-state index in [0.717, 1.165) is 4.47 Å². The Morgan fingerprint density at radius 1 is 1.38 bits per heavy atom. The van der Waals surface area contributed by atoms with Gasteiger partial charge >= 0.3 is 0 Å². The number of sulfone groups is 1. The van der Waals surface area contributed by atoms with Crippen molar-refractivity contribution in [2.24, 2.45) is 0 Å². The molecular weight excluding hydrogens is 292 g/mol. The molecule has 1 aromatic rings. The molecule has 0 amide bonds. The molecule has 0 aliphatic rings. The van der Waals surface area contributed by atoms with Crippen LogP contribution in [0.4, 0.5) is 0 Å². The van der Waals surface area contributed by atoms with Gasteiger partial charge in [0.05, 0.1) is 10.6 Å². The highest BCUT2D eigenvalue weighted by molar-refractivity contribution is 9.10. The van der Waals surface area contributed by atoms with Crippen LogP contribution in [-0.4, -0.2) is 20.0 Å². The van der Waals surface area contributed by atoms with E-state index in [1.807, 2.05) is 0 Å². The van der Waals surface area contributed by atoms with Gasteiger partial charge in [-0.1, -0.05) is 22.0 Å². The Kier molecular flexibility index (Phi) is 4.68. The van der Waals surface area contributed by atoms with Crippen molar-refractivity contribution in [3.05, 3.63) is 28.7 Å². The maximum atomic E-state index is 11.8. The van der Waals surface area contributed by atoms with Crippen molar-refractivity contribution < 1.29 is 13.2 Å². The lowest BCUT2D eigenvalue weighted by molar-refractivity contribution is -0.117. The lowest BCUT2D eigenvalue weighted by Crippen LogP contribution is -2.08. The van der Waals surface area contributed by atoms with E-state index in [4.69, 9.17) is 0 Å². The molecule has 0 unspecified atom stereocenters. The Morgan fingerprint density at radius 2 is 2.06 bits per heavy atom. The van der Waals surface area contributed by atoms with Crippen LogP contribution < -0.4 is 0 Å². The van der Waals surface area contributed by atoms with E-state index in [1.54, 1.807) is 24.3 Å². The summed E-state index contributed by atoms with van der Waals surface area (Å²) in [4.78, 5) is 11.0. The fraction of sp³-hybridized carbons (Fsp3) is 0.364. The standard InChI is InChI=1S/C11H13BrO3S/c1-9(13)4-3-7-16(14,15)11-6-2-5-10(12)8-11/h2,5-6,8H,3-4,7H2,1H3. The van der Waals surface area contributed by atoms with E-state index in [9.17, 15) is 13.2 Å². The summed E-state index contributed by atoms with van der Waals surface area (Å²) in [6.07, 6.45) is 0.692. The predicted molar refractivity (Wildman–Crippen MR) is 66.1 cm³/mol. The fourth-order valence-electron chi connectivity index (χ4n) is 1.29. The van der Waals surface area contributed by atoms with Gasteiger partial charge in [-0.3, -0.25) is 0 Å². The first-order chi connectivity index (χ1) is 7.42. The van der Waals surface area contributed by atoms with Gasteiger partial charge in [0.1, 0.15) is 5.78 Å². The van der Waals surface area contributed by atoms with E-state index < -0.39 is 9.84 Å². The number of rotatable bonds is 5. The molecule has 5 heteroatoms. The molecule has 3 nitrogen and oxygen atoms in total. The Hall–Kier alpha value is -0.680. The lowest BCUT2D eigenvalue weighted by Gasteiger charge is -2.03. The lowest BCUT2D eigenvalue weighted by atomic mass is 10.3. The largest absolute Gasteiger partial charge is 0.300 e. The molecule has 16 heavy (non-hydrogen) atoms. The minimum absolute atomic E-state index is 0.0169. The van der Waals surface area contributed by atoms with Crippen LogP contribution in [0.15, 0.2) is 33.6 Å². The molecule has 88 valence electrons. The van der Waals surface area contributed by atoms with Crippen LogP contribution in [0.2, 0.25) is 0 Å².